The molecule has 0 bridgehead atoms. The van der Waals surface area contributed by atoms with E-state index in [1.54, 1.807) is 24.5 Å². The Kier molecular flexibility index (Phi) is 7.63. The lowest BCUT2D eigenvalue weighted by atomic mass is 10.3. The van der Waals surface area contributed by atoms with Crippen molar-refractivity contribution in [3.63, 3.8) is 0 Å². The summed E-state index contributed by atoms with van der Waals surface area (Å²) in [5, 5.41) is 17.6. The molecular weight excluding hydrogens is 456 g/mol. The maximum absolute atomic E-state index is 12.4. The molecule has 1 aromatic carbocycles. The van der Waals surface area contributed by atoms with Gasteiger partial charge < -0.3 is 14.6 Å². The first-order valence-corrected chi connectivity index (χ1v) is 11.1. The van der Waals surface area contributed by atoms with Gasteiger partial charge in [-0.05, 0) is 30.7 Å². The number of anilines is 1. The molecule has 0 atom stereocenters. The molecule has 0 aliphatic carbocycles. The number of sulfonamides is 1. The fourth-order valence-corrected chi connectivity index (χ4v) is 3.70. The zero-order valence-corrected chi connectivity index (χ0v) is 18.2. The Hall–Kier alpha value is -3.91. The number of nitro benzene ring substituents is 1. The third kappa shape index (κ3) is 6.30. The lowest BCUT2D eigenvalue weighted by Gasteiger charge is -2.08. The highest BCUT2D eigenvalue weighted by atomic mass is 32.2. The summed E-state index contributed by atoms with van der Waals surface area (Å²) >= 11 is 0. The van der Waals surface area contributed by atoms with E-state index >= 15 is 0 Å². The molecule has 2 aromatic heterocycles. The Balaban J connectivity index is 1.45. The maximum atomic E-state index is 12.4. The molecule has 0 spiro atoms. The van der Waals surface area contributed by atoms with Crippen LogP contribution in [-0.4, -0.2) is 54.6 Å². The molecule has 33 heavy (non-hydrogen) atoms. The van der Waals surface area contributed by atoms with Crippen LogP contribution in [-0.2, 0) is 26.0 Å². The normalized spacial score (nSPS) is 11.2. The number of aryl methyl sites for hydroxylation is 1. The average Bonchev–Trinajstić information content (AvgIpc) is 3.29. The van der Waals surface area contributed by atoms with Gasteiger partial charge in [-0.1, -0.05) is 5.16 Å². The molecule has 14 heteroatoms. The lowest BCUT2D eigenvalue weighted by Crippen LogP contribution is -2.31. The molecule has 0 unspecified atom stereocenters. The maximum Gasteiger partial charge on any atom is 0.321 e. The molecule has 0 fully saturated rings. The Morgan fingerprint density at radius 1 is 1.30 bits per heavy atom. The predicted octanol–water partition coefficient (Wildman–Crippen LogP) is 1.54. The number of ether oxygens (including phenoxy) is 1. The monoisotopic (exact) mass is 476 g/mol. The Morgan fingerprint density at radius 3 is 2.82 bits per heavy atom. The van der Waals surface area contributed by atoms with E-state index in [1.165, 1.54) is 19.2 Å². The number of nitro groups is 1. The summed E-state index contributed by atoms with van der Waals surface area (Å²) in [7, 11) is -2.68. The highest BCUT2D eigenvalue weighted by molar-refractivity contribution is 7.89. The summed E-state index contributed by atoms with van der Waals surface area (Å²) in [6.07, 6.45) is 3.96. The summed E-state index contributed by atoms with van der Waals surface area (Å²) in [5.74, 6) is -0.0498. The number of carbonyl (C=O) groups excluding carboxylic acids is 1. The quantitative estimate of drug-likeness (QED) is 0.177. The second-order valence-electron chi connectivity index (χ2n) is 6.59. The molecule has 0 saturated heterocycles. The number of pyridine rings is 1. The third-order valence-corrected chi connectivity index (χ3v) is 5.74. The number of hydrogen-bond donors (Lipinski definition) is 2. The van der Waals surface area contributed by atoms with Crippen molar-refractivity contribution in [3.8, 4) is 11.4 Å². The zero-order valence-electron chi connectivity index (χ0n) is 17.4. The molecule has 0 radical (unpaired) electrons. The number of rotatable bonds is 11. The van der Waals surface area contributed by atoms with E-state index < -0.39 is 33.1 Å². The Bertz CT molecular complexity index is 1230. The number of nitrogens with one attached hydrogen (secondary N) is 2. The third-order valence-electron chi connectivity index (χ3n) is 4.34. The lowest BCUT2D eigenvalue weighted by molar-refractivity contribution is -0.384. The summed E-state index contributed by atoms with van der Waals surface area (Å²) in [5.41, 5.74) is 0.458. The van der Waals surface area contributed by atoms with Crippen molar-refractivity contribution in [2.45, 2.75) is 17.7 Å². The molecule has 3 aromatic rings. The first-order chi connectivity index (χ1) is 15.8. The number of carbonyl (C=O) groups is 1. The minimum absolute atomic E-state index is 0.00745. The first-order valence-electron chi connectivity index (χ1n) is 9.64. The van der Waals surface area contributed by atoms with Crippen molar-refractivity contribution >= 4 is 27.4 Å². The van der Waals surface area contributed by atoms with Crippen molar-refractivity contribution in [2.75, 3.05) is 25.5 Å². The molecule has 13 nitrogen and oxygen atoms in total. The Labute approximate surface area is 188 Å². The van der Waals surface area contributed by atoms with Crippen molar-refractivity contribution in [1.82, 2.24) is 19.8 Å². The van der Waals surface area contributed by atoms with E-state index in [0.29, 0.717) is 30.1 Å². The number of nitrogens with zero attached hydrogens (tertiary/aromatic N) is 4. The second-order valence-corrected chi connectivity index (χ2v) is 8.36. The highest BCUT2D eigenvalue weighted by Crippen LogP contribution is 2.27. The van der Waals surface area contributed by atoms with Gasteiger partial charge in [0, 0.05) is 37.5 Å². The summed E-state index contributed by atoms with van der Waals surface area (Å²) in [6, 6.07) is 6.90. The van der Waals surface area contributed by atoms with Gasteiger partial charge in [0.2, 0.25) is 21.7 Å². The van der Waals surface area contributed by atoms with Gasteiger partial charge in [0.1, 0.15) is 12.2 Å². The van der Waals surface area contributed by atoms with E-state index in [1.807, 2.05) is 0 Å². The zero-order chi connectivity index (χ0) is 23.8. The fraction of sp³-hybridized carbons (Fsp3) is 0.263. The van der Waals surface area contributed by atoms with Crippen LogP contribution in [0.2, 0.25) is 0 Å². The van der Waals surface area contributed by atoms with Crippen LogP contribution < -0.4 is 10.0 Å². The fourth-order valence-electron chi connectivity index (χ4n) is 2.71. The van der Waals surface area contributed by atoms with E-state index in [4.69, 9.17) is 9.26 Å². The van der Waals surface area contributed by atoms with Gasteiger partial charge in [-0.3, -0.25) is 19.9 Å². The molecule has 0 aliphatic heterocycles. The van der Waals surface area contributed by atoms with Gasteiger partial charge in [0.25, 0.3) is 5.69 Å². The summed E-state index contributed by atoms with van der Waals surface area (Å²) < 4.78 is 36.9. The van der Waals surface area contributed by atoms with E-state index in [2.05, 4.69) is 25.2 Å². The van der Waals surface area contributed by atoms with E-state index in [0.717, 1.165) is 6.07 Å². The van der Waals surface area contributed by atoms with Crippen LogP contribution in [0.1, 0.15) is 12.3 Å². The summed E-state index contributed by atoms with van der Waals surface area (Å²) in [4.78, 5) is 30.1. The van der Waals surface area contributed by atoms with Gasteiger partial charge >= 0.3 is 5.97 Å². The molecule has 2 N–H and O–H groups in total. The molecule has 2 heterocycles. The molecule has 3 rings (SSSR count). The van der Waals surface area contributed by atoms with Crippen LogP contribution in [0.3, 0.4) is 0 Å². The number of benzene rings is 1. The predicted molar refractivity (Wildman–Crippen MR) is 115 cm³/mol. The van der Waals surface area contributed by atoms with Gasteiger partial charge in [0.05, 0.1) is 16.4 Å². The summed E-state index contributed by atoms with van der Waals surface area (Å²) in [6.45, 7) is -0.622. The minimum Gasteiger partial charge on any atom is -0.465 e. The average molecular weight is 476 g/mol. The van der Waals surface area contributed by atoms with E-state index in [-0.39, 0.29) is 17.2 Å². The molecule has 0 saturated carbocycles. The Morgan fingerprint density at radius 2 is 2.12 bits per heavy atom. The smallest absolute Gasteiger partial charge is 0.321 e. The SMILES string of the molecule is CNc1ccc(S(=O)(=O)NCC(=O)OCCCc2nc(-c3cccnc3)no2)cc1[N+](=O)[O-]. The van der Waals surface area contributed by atoms with Gasteiger partial charge in [0.15, 0.2) is 0 Å². The van der Waals surface area contributed by atoms with E-state index in [9.17, 15) is 23.3 Å². The van der Waals surface area contributed by atoms with Crippen LogP contribution in [0, 0.1) is 10.1 Å². The van der Waals surface area contributed by atoms with Crippen molar-refractivity contribution in [1.29, 1.82) is 0 Å². The second kappa shape index (κ2) is 10.6. The standard InChI is InChI=1S/C19H20N6O7S/c1-20-15-7-6-14(10-16(15)25(27)28)33(29,30)22-12-18(26)31-9-3-5-17-23-19(24-32-17)13-4-2-8-21-11-13/h2,4,6-8,10-11,20,22H,3,5,9,12H2,1H3. The van der Waals surface area contributed by atoms with Crippen LogP contribution >= 0.6 is 0 Å². The van der Waals surface area contributed by atoms with Crippen LogP contribution in [0.15, 0.2) is 52.1 Å². The molecule has 0 amide bonds. The van der Waals surface area contributed by atoms with Crippen molar-refractivity contribution < 1.29 is 27.4 Å². The largest absolute Gasteiger partial charge is 0.465 e. The first kappa shape index (κ1) is 23.7. The van der Waals surface area contributed by atoms with Crippen molar-refractivity contribution in [3.05, 3.63) is 58.7 Å². The molecule has 174 valence electrons. The molecule has 0 aliphatic rings. The van der Waals surface area contributed by atoms with Crippen LogP contribution in [0.25, 0.3) is 11.4 Å². The van der Waals surface area contributed by atoms with Gasteiger partial charge in [-0.15, -0.1) is 0 Å². The number of hydrogen-bond acceptors (Lipinski definition) is 11. The van der Waals surface area contributed by atoms with Gasteiger partial charge in [-0.2, -0.15) is 9.71 Å². The number of esters is 1. The van der Waals surface area contributed by atoms with Gasteiger partial charge in [-0.25, -0.2) is 8.42 Å². The van der Waals surface area contributed by atoms with Crippen LogP contribution in [0.4, 0.5) is 11.4 Å². The molecular formula is C19H20N6O7S. The number of aromatic nitrogens is 3. The van der Waals surface area contributed by atoms with Crippen LogP contribution in [0.5, 0.6) is 0 Å². The topological polar surface area (TPSA) is 179 Å². The van der Waals surface area contributed by atoms with Crippen molar-refractivity contribution in [2.24, 2.45) is 0 Å². The minimum atomic E-state index is -4.15. The highest BCUT2D eigenvalue weighted by Gasteiger charge is 2.22.